The van der Waals surface area contributed by atoms with Crippen LogP contribution in [-0.4, -0.2) is 37.7 Å². The maximum absolute atomic E-state index is 12.9. The number of carbonyl (C=O) groups excluding carboxylic acids is 1. The van der Waals surface area contributed by atoms with E-state index >= 15 is 0 Å². The highest BCUT2D eigenvalue weighted by Crippen LogP contribution is 2.37. The lowest BCUT2D eigenvalue weighted by molar-refractivity contribution is -0.167. The van der Waals surface area contributed by atoms with Crippen molar-refractivity contribution in [2.75, 3.05) is 17.1 Å². The van der Waals surface area contributed by atoms with E-state index in [0.29, 0.717) is 16.1 Å². The van der Waals surface area contributed by atoms with Crippen LogP contribution in [0.15, 0.2) is 47.4 Å². The SMILES string of the molecule is COc1ccc(-c2sc(NC(=O)C(F)(F)F)nc2C)cc1S(=O)(=O)Nc1ccc(O)cc1. The van der Waals surface area contributed by atoms with E-state index in [1.165, 1.54) is 56.5 Å². The molecule has 3 aromatic rings. The van der Waals surface area contributed by atoms with Crippen molar-refractivity contribution in [3.8, 4) is 21.9 Å². The number of hydrogen-bond acceptors (Lipinski definition) is 7. The maximum atomic E-state index is 12.9. The summed E-state index contributed by atoms with van der Waals surface area (Å²) in [4.78, 5) is 15.2. The van der Waals surface area contributed by atoms with Crippen LogP contribution in [0.5, 0.6) is 11.5 Å². The number of rotatable bonds is 6. The van der Waals surface area contributed by atoms with E-state index in [1.54, 1.807) is 5.32 Å². The first kappa shape index (κ1) is 23.3. The maximum Gasteiger partial charge on any atom is 0.471 e. The summed E-state index contributed by atoms with van der Waals surface area (Å²) in [6, 6.07) is 9.56. The number of aromatic nitrogens is 1. The van der Waals surface area contributed by atoms with Gasteiger partial charge in [0.05, 0.1) is 17.7 Å². The van der Waals surface area contributed by atoms with Crippen LogP contribution < -0.4 is 14.8 Å². The second kappa shape index (κ2) is 8.67. The summed E-state index contributed by atoms with van der Waals surface area (Å²) in [5, 5.41) is 10.8. The fourth-order valence-corrected chi connectivity index (χ4v) is 4.87. The van der Waals surface area contributed by atoms with Gasteiger partial charge in [-0.15, -0.1) is 0 Å². The van der Waals surface area contributed by atoms with Gasteiger partial charge in [-0.1, -0.05) is 11.3 Å². The first-order valence-electron chi connectivity index (χ1n) is 8.76. The number of ether oxygens (including phenoxy) is 1. The number of aromatic hydroxyl groups is 1. The number of aryl methyl sites for hydroxylation is 1. The standard InChI is InChI=1S/C19H16F3N3O5S2/c1-10-16(31-18(23-10)24-17(27)19(20,21)22)11-3-8-14(30-2)15(9-11)32(28,29)25-12-4-6-13(26)7-5-12/h3-9,25-26H,1-2H3,(H,23,24,27). The fourth-order valence-electron chi connectivity index (χ4n) is 2.65. The molecule has 170 valence electrons. The number of halogens is 3. The number of amides is 1. The van der Waals surface area contributed by atoms with Gasteiger partial charge in [0, 0.05) is 5.69 Å². The minimum Gasteiger partial charge on any atom is -0.508 e. The molecule has 0 saturated heterocycles. The Balaban J connectivity index is 1.98. The Morgan fingerprint density at radius 3 is 2.41 bits per heavy atom. The van der Waals surface area contributed by atoms with Crippen LogP contribution in [-0.2, 0) is 14.8 Å². The largest absolute Gasteiger partial charge is 0.508 e. The zero-order valence-corrected chi connectivity index (χ0v) is 18.2. The first-order valence-corrected chi connectivity index (χ1v) is 11.1. The Bertz CT molecular complexity index is 1260. The molecular weight excluding hydrogens is 471 g/mol. The van der Waals surface area contributed by atoms with Crippen molar-refractivity contribution in [3.63, 3.8) is 0 Å². The summed E-state index contributed by atoms with van der Waals surface area (Å²) in [6.45, 7) is 1.52. The second-order valence-corrected chi connectivity index (χ2v) is 9.05. The predicted octanol–water partition coefficient (Wildman–Crippen LogP) is 4.13. The van der Waals surface area contributed by atoms with E-state index < -0.39 is 22.1 Å². The van der Waals surface area contributed by atoms with Gasteiger partial charge in [0.25, 0.3) is 10.0 Å². The predicted molar refractivity (Wildman–Crippen MR) is 112 cm³/mol. The third-order valence-corrected chi connectivity index (χ3v) is 6.63. The van der Waals surface area contributed by atoms with Crippen molar-refractivity contribution in [2.24, 2.45) is 0 Å². The number of nitrogens with zero attached hydrogens (tertiary/aromatic N) is 1. The molecular formula is C19H16F3N3O5S2. The minimum absolute atomic E-state index is 0.0350. The Labute approximate surface area is 184 Å². The van der Waals surface area contributed by atoms with Gasteiger partial charge in [-0.25, -0.2) is 13.4 Å². The van der Waals surface area contributed by atoms with Crippen LogP contribution in [0.4, 0.5) is 24.0 Å². The zero-order valence-electron chi connectivity index (χ0n) is 16.5. The molecule has 0 saturated carbocycles. The summed E-state index contributed by atoms with van der Waals surface area (Å²) in [5.41, 5.74) is 0.841. The average Bonchev–Trinajstić information content (AvgIpc) is 3.08. The number of phenols is 1. The van der Waals surface area contributed by atoms with E-state index in [0.717, 1.165) is 11.3 Å². The molecule has 1 heterocycles. The Hall–Kier alpha value is -3.32. The van der Waals surface area contributed by atoms with E-state index in [-0.39, 0.29) is 27.2 Å². The lowest BCUT2D eigenvalue weighted by Gasteiger charge is -2.13. The van der Waals surface area contributed by atoms with Gasteiger partial charge in [-0.3, -0.25) is 14.8 Å². The number of anilines is 2. The van der Waals surface area contributed by atoms with Crippen LogP contribution in [0.2, 0.25) is 0 Å². The molecule has 0 aliphatic rings. The number of benzene rings is 2. The number of sulfonamides is 1. The number of phenolic OH excluding ortho intramolecular Hbond substituents is 1. The quantitative estimate of drug-likeness (QED) is 0.450. The highest BCUT2D eigenvalue weighted by molar-refractivity contribution is 7.92. The monoisotopic (exact) mass is 487 g/mol. The van der Waals surface area contributed by atoms with Crippen LogP contribution in [0.3, 0.4) is 0 Å². The summed E-state index contributed by atoms with van der Waals surface area (Å²) >= 11 is 0.769. The fraction of sp³-hybridized carbons (Fsp3) is 0.158. The lowest BCUT2D eigenvalue weighted by atomic mass is 10.1. The van der Waals surface area contributed by atoms with Gasteiger partial charge in [0.1, 0.15) is 16.4 Å². The van der Waals surface area contributed by atoms with Gasteiger partial charge in [0.15, 0.2) is 5.13 Å². The Morgan fingerprint density at radius 2 is 1.81 bits per heavy atom. The molecule has 0 aliphatic heterocycles. The van der Waals surface area contributed by atoms with Gasteiger partial charge < -0.3 is 9.84 Å². The first-order chi connectivity index (χ1) is 14.9. The molecule has 32 heavy (non-hydrogen) atoms. The van der Waals surface area contributed by atoms with Crippen molar-refractivity contribution < 1.29 is 36.2 Å². The third kappa shape index (κ3) is 5.11. The molecule has 3 N–H and O–H groups in total. The van der Waals surface area contributed by atoms with Crippen molar-refractivity contribution in [1.82, 2.24) is 4.98 Å². The van der Waals surface area contributed by atoms with E-state index in [9.17, 15) is 31.5 Å². The molecule has 2 aromatic carbocycles. The van der Waals surface area contributed by atoms with Crippen LogP contribution >= 0.6 is 11.3 Å². The van der Waals surface area contributed by atoms with Gasteiger partial charge in [0.2, 0.25) is 0 Å². The third-order valence-electron chi connectivity index (χ3n) is 4.11. The van der Waals surface area contributed by atoms with E-state index in [2.05, 4.69) is 9.71 Å². The second-order valence-electron chi connectivity index (χ2n) is 6.40. The topological polar surface area (TPSA) is 118 Å². The Kier molecular flexibility index (Phi) is 6.32. The Morgan fingerprint density at radius 1 is 1.16 bits per heavy atom. The summed E-state index contributed by atoms with van der Waals surface area (Å²) < 4.78 is 70.9. The smallest absolute Gasteiger partial charge is 0.471 e. The molecule has 0 aliphatic carbocycles. The molecule has 1 aromatic heterocycles. The molecule has 0 bridgehead atoms. The number of hydrogen-bond donors (Lipinski definition) is 3. The summed E-state index contributed by atoms with van der Waals surface area (Å²) in [6.07, 6.45) is -5.07. The molecule has 0 fully saturated rings. The van der Waals surface area contributed by atoms with Crippen molar-refractivity contribution in [2.45, 2.75) is 18.0 Å². The molecule has 3 rings (SSSR count). The summed E-state index contributed by atoms with van der Waals surface area (Å²) in [7, 11) is -2.85. The molecule has 0 atom stereocenters. The number of carbonyl (C=O) groups is 1. The van der Waals surface area contributed by atoms with Gasteiger partial charge >= 0.3 is 12.1 Å². The molecule has 13 heteroatoms. The van der Waals surface area contributed by atoms with E-state index in [1.807, 2.05) is 0 Å². The molecule has 0 radical (unpaired) electrons. The van der Waals surface area contributed by atoms with Crippen molar-refractivity contribution in [3.05, 3.63) is 48.2 Å². The average molecular weight is 487 g/mol. The lowest BCUT2D eigenvalue weighted by Crippen LogP contribution is -2.29. The van der Waals surface area contributed by atoms with Crippen molar-refractivity contribution >= 4 is 38.1 Å². The number of alkyl halides is 3. The van der Waals surface area contributed by atoms with Crippen LogP contribution in [0, 0.1) is 6.92 Å². The number of thiazole rings is 1. The van der Waals surface area contributed by atoms with Crippen LogP contribution in [0.25, 0.3) is 10.4 Å². The zero-order chi connectivity index (χ0) is 23.7. The van der Waals surface area contributed by atoms with E-state index in [4.69, 9.17) is 4.74 Å². The highest BCUT2D eigenvalue weighted by atomic mass is 32.2. The van der Waals surface area contributed by atoms with Gasteiger partial charge in [-0.05, 0) is 55.0 Å². The normalized spacial score (nSPS) is 11.8. The minimum atomic E-state index is -5.07. The van der Waals surface area contributed by atoms with Crippen LogP contribution in [0.1, 0.15) is 5.69 Å². The highest BCUT2D eigenvalue weighted by Gasteiger charge is 2.39. The summed E-state index contributed by atoms with van der Waals surface area (Å²) in [5.74, 6) is -2.16. The van der Waals surface area contributed by atoms with Gasteiger partial charge in [-0.2, -0.15) is 13.2 Å². The number of nitrogens with one attached hydrogen (secondary N) is 2. The molecule has 1 amide bonds. The molecule has 8 nitrogen and oxygen atoms in total. The number of methoxy groups -OCH3 is 1. The van der Waals surface area contributed by atoms with Crippen molar-refractivity contribution in [1.29, 1.82) is 0 Å². The molecule has 0 spiro atoms. The molecule has 0 unspecified atom stereocenters.